The number of piperidine rings is 1. The van der Waals surface area contributed by atoms with Crippen molar-refractivity contribution >= 4 is 23.3 Å². The number of benzene rings is 1. The monoisotopic (exact) mass is 364 g/mol. The van der Waals surface area contributed by atoms with Crippen LogP contribution in [0.3, 0.4) is 0 Å². The summed E-state index contributed by atoms with van der Waals surface area (Å²) in [4.78, 5) is 35.6. The number of fused-ring (bicyclic) bond motifs is 1. The van der Waals surface area contributed by atoms with Gasteiger partial charge in [-0.1, -0.05) is 18.2 Å². The predicted octanol–water partition coefficient (Wildman–Crippen LogP) is 1.67. The van der Waals surface area contributed by atoms with E-state index in [0.29, 0.717) is 18.7 Å². The Morgan fingerprint density at radius 1 is 1.19 bits per heavy atom. The van der Waals surface area contributed by atoms with Crippen LogP contribution in [-0.2, 0) is 4.79 Å². The first kappa shape index (κ1) is 17.1. The highest BCUT2D eigenvalue weighted by Gasteiger charge is 2.31. The van der Waals surface area contributed by atoms with E-state index in [1.807, 2.05) is 50.2 Å². The van der Waals surface area contributed by atoms with Crippen molar-refractivity contribution in [3.63, 3.8) is 0 Å². The van der Waals surface area contributed by atoms with E-state index >= 15 is 0 Å². The van der Waals surface area contributed by atoms with Crippen molar-refractivity contribution in [1.29, 1.82) is 0 Å². The lowest BCUT2D eigenvalue weighted by Gasteiger charge is -2.32. The van der Waals surface area contributed by atoms with Gasteiger partial charge in [-0.25, -0.2) is 9.50 Å². The van der Waals surface area contributed by atoms with Crippen LogP contribution in [0.5, 0.6) is 0 Å². The summed E-state index contributed by atoms with van der Waals surface area (Å²) < 4.78 is 1.53. The molecule has 1 unspecified atom stereocenters. The van der Waals surface area contributed by atoms with E-state index < -0.39 is 11.9 Å². The van der Waals surface area contributed by atoms with E-state index in [9.17, 15) is 9.59 Å². The Morgan fingerprint density at radius 2 is 1.96 bits per heavy atom. The Bertz CT molecular complexity index is 1010. The number of rotatable bonds is 3. The Kier molecular flexibility index (Phi) is 4.31. The topological polar surface area (TPSA) is 92.5 Å². The molecule has 0 bridgehead atoms. The van der Waals surface area contributed by atoms with Gasteiger partial charge in [0.15, 0.2) is 0 Å². The van der Waals surface area contributed by atoms with Gasteiger partial charge in [-0.05, 0) is 44.9 Å². The summed E-state index contributed by atoms with van der Waals surface area (Å²) in [5, 5.41) is 7.01. The molecule has 138 valence electrons. The van der Waals surface area contributed by atoms with Gasteiger partial charge in [0.1, 0.15) is 6.04 Å². The zero-order valence-corrected chi connectivity index (χ0v) is 15.2. The number of anilines is 1. The number of carbonyl (C=O) groups is 2. The molecule has 0 spiro atoms. The molecule has 0 aliphatic carbocycles. The van der Waals surface area contributed by atoms with E-state index in [0.717, 1.165) is 23.5 Å². The fraction of sp³-hybridized carbons (Fsp3) is 0.316. The average Bonchev–Trinajstić information content (AvgIpc) is 3.09. The van der Waals surface area contributed by atoms with Gasteiger partial charge in [0.25, 0.3) is 11.7 Å². The maximum Gasteiger partial charge on any atom is 0.291 e. The smallest absolute Gasteiger partial charge is 0.291 e. The third kappa shape index (κ3) is 3.25. The maximum absolute atomic E-state index is 12.8. The summed E-state index contributed by atoms with van der Waals surface area (Å²) in [5.41, 5.74) is 2.48. The van der Waals surface area contributed by atoms with Crippen LogP contribution in [0, 0.1) is 13.8 Å². The number of nitrogens with one attached hydrogen (secondary N) is 1. The van der Waals surface area contributed by atoms with E-state index in [1.165, 1.54) is 4.52 Å². The zero-order chi connectivity index (χ0) is 19.0. The first-order chi connectivity index (χ1) is 13.0. The van der Waals surface area contributed by atoms with E-state index in [2.05, 4.69) is 20.4 Å². The lowest BCUT2D eigenvalue weighted by Crippen LogP contribution is -2.52. The lowest BCUT2D eigenvalue weighted by molar-refractivity contribution is -0.121. The number of para-hydroxylation sites is 1. The SMILES string of the molecule is Cc1cc(C)n2nc(C(=O)NC3CCCN(c4ccccc4)C3=O)nc2n1. The van der Waals surface area contributed by atoms with Crippen LogP contribution < -0.4 is 10.2 Å². The van der Waals surface area contributed by atoms with Crippen molar-refractivity contribution in [1.82, 2.24) is 24.9 Å². The average molecular weight is 364 g/mol. The first-order valence-electron chi connectivity index (χ1n) is 8.91. The fourth-order valence-corrected chi connectivity index (χ4v) is 3.36. The van der Waals surface area contributed by atoms with Crippen molar-refractivity contribution in [2.75, 3.05) is 11.4 Å². The Hall–Kier alpha value is -3.29. The predicted molar refractivity (Wildman–Crippen MR) is 99.5 cm³/mol. The second-order valence-corrected chi connectivity index (χ2v) is 6.68. The summed E-state index contributed by atoms with van der Waals surface area (Å²) in [6.07, 6.45) is 1.40. The second-order valence-electron chi connectivity index (χ2n) is 6.68. The van der Waals surface area contributed by atoms with Gasteiger partial charge < -0.3 is 10.2 Å². The van der Waals surface area contributed by atoms with Gasteiger partial charge in [0, 0.05) is 23.6 Å². The summed E-state index contributed by atoms with van der Waals surface area (Å²) in [7, 11) is 0. The normalized spacial score (nSPS) is 17.3. The molecule has 27 heavy (non-hydrogen) atoms. The molecule has 0 radical (unpaired) electrons. The van der Waals surface area contributed by atoms with Crippen LogP contribution in [0.4, 0.5) is 5.69 Å². The van der Waals surface area contributed by atoms with Crippen LogP contribution in [0.1, 0.15) is 34.8 Å². The second kappa shape index (κ2) is 6.79. The van der Waals surface area contributed by atoms with Gasteiger partial charge in [-0.2, -0.15) is 4.98 Å². The zero-order valence-electron chi connectivity index (χ0n) is 15.2. The number of nitrogens with zero attached hydrogens (tertiary/aromatic N) is 5. The number of aromatic nitrogens is 4. The molecule has 2 amide bonds. The number of hydrogen-bond acceptors (Lipinski definition) is 5. The minimum absolute atomic E-state index is 0.0147. The van der Waals surface area contributed by atoms with E-state index in [4.69, 9.17) is 0 Å². The molecule has 1 atom stereocenters. The summed E-state index contributed by atoms with van der Waals surface area (Å²) in [6.45, 7) is 4.38. The Labute approximate surface area is 156 Å². The highest BCUT2D eigenvalue weighted by atomic mass is 16.2. The van der Waals surface area contributed by atoms with E-state index in [-0.39, 0.29) is 11.7 Å². The number of carbonyl (C=O) groups excluding carboxylic acids is 2. The van der Waals surface area contributed by atoms with Crippen molar-refractivity contribution in [3.05, 3.63) is 53.6 Å². The van der Waals surface area contributed by atoms with Crippen molar-refractivity contribution in [2.45, 2.75) is 32.7 Å². The molecule has 8 nitrogen and oxygen atoms in total. The molecule has 8 heteroatoms. The summed E-state index contributed by atoms with van der Waals surface area (Å²) in [5.74, 6) is -0.195. The molecule has 4 rings (SSSR count). The molecular formula is C19H20N6O2. The van der Waals surface area contributed by atoms with Crippen LogP contribution in [0.15, 0.2) is 36.4 Å². The maximum atomic E-state index is 12.8. The molecule has 1 N–H and O–H groups in total. The lowest BCUT2D eigenvalue weighted by atomic mass is 10.0. The Morgan fingerprint density at radius 3 is 2.74 bits per heavy atom. The molecule has 1 fully saturated rings. The third-order valence-electron chi connectivity index (χ3n) is 4.63. The highest BCUT2D eigenvalue weighted by Crippen LogP contribution is 2.20. The van der Waals surface area contributed by atoms with Crippen LogP contribution in [0.2, 0.25) is 0 Å². The van der Waals surface area contributed by atoms with Crippen LogP contribution in [-0.4, -0.2) is 44.0 Å². The number of aryl methyl sites for hydroxylation is 2. The molecule has 1 saturated heterocycles. The van der Waals surface area contributed by atoms with Gasteiger partial charge >= 0.3 is 0 Å². The standard InChI is InChI=1S/C19H20N6O2/c1-12-11-13(2)25-19(20-12)22-16(23-25)17(26)21-15-9-6-10-24(18(15)27)14-7-4-3-5-8-14/h3-5,7-8,11,15H,6,9-10H2,1-2H3,(H,21,26). The third-order valence-corrected chi connectivity index (χ3v) is 4.63. The van der Waals surface area contributed by atoms with E-state index in [1.54, 1.807) is 4.90 Å². The molecule has 1 aromatic carbocycles. The molecular weight excluding hydrogens is 344 g/mol. The van der Waals surface area contributed by atoms with Gasteiger partial charge in [0.2, 0.25) is 11.7 Å². The Balaban J connectivity index is 1.54. The molecule has 1 aliphatic heterocycles. The quantitative estimate of drug-likeness (QED) is 0.763. The van der Waals surface area contributed by atoms with Crippen molar-refractivity contribution in [2.24, 2.45) is 0 Å². The van der Waals surface area contributed by atoms with Gasteiger partial charge in [-0.3, -0.25) is 9.59 Å². The van der Waals surface area contributed by atoms with Crippen molar-refractivity contribution < 1.29 is 9.59 Å². The highest BCUT2D eigenvalue weighted by molar-refractivity contribution is 6.01. The largest absolute Gasteiger partial charge is 0.337 e. The number of hydrogen-bond donors (Lipinski definition) is 1. The minimum Gasteiger partial charge on any atom is -0.337 e. The first-order valence-corrected chi connectivity index (χ1v) is 8.91. The van der Waals surface area contributed by atoms with Gasteiger partial charge in [-0.15, -0.1) is 5.10 Å². The molecule has 3 heterocycles. The van der Waals surface area contributed by atoms with Crippen LogP contribution in [0.25, 0.3) is 5.78 Å². The van der Waals surface area contributed by atoms with Crippen molar-refractivity contribution in [3.8, 4) is 0 Å². The van der Waals surface area contributed by atoms with Gasteiger partial charge in [0.05, 0.1) is 0 Å². The summed E-state index contributed by atoms with van der Waals surface area (Å²) >= 11 is 0. The van der Waals surface area contributed by atoms with Crippen LogP contribution >= 0.6 is 0 Å². The number of amides is 2. The molecule has 1 aliphatic rings. The molecule has 2 aromatic heterocycles. The fourth-order valence-electron chi connectivity index (χ4n) is 3.36. The minimum atomic E-state index is -0.589. The molecule has 0 saturated carbocycles. The molecule has 3 aromatic rings. The summed E-state index contributed by atoms with van der Waals surface area (Å²) in [6, 6.07) is 10.8.